The van der Waals surface area contributed by atoms with E-state index in [1.807, 2.05) is 24.6 Å². The van der Waals surface area contributed by atoms with Crippen LogP contribution in [0.15, 0.2) is 18.5 Å². The summed E-state index contributed by atoms with van der Waals surface area (Å²) < 4.78 is 1.83. The summed E-state index contributed by atoms with van der Waals surface area (Å²) in [5, 5.41) is 4.21. The van der Waals surface area contributed by atoms with Gasteiger partial charge in [0.1, 0.15) is 12.1 Å². The van der Waals surface area contributed by atoms with Crippen molar-refractivity contribution in [1.29, 1.82) is 0 Å². The van der Waals surface area contributed by atoms with E-state index in [9.17, 15) is 0 Å². The van der Waals surface area contributed by atoms with Crippen LogP contribution in [0.1, 0.15) is 12.5 Å². The van der Waals surface area contributed by atoms with Gasteiger partial charge in [-0.05, 0) is 31.5 Å². The summed E-state index contributed by atoms with van der Waals surface area (Å²) in [4.78, 5) is 6.29. The molecule has 0 bridgehead atoms. The second-order valence-corrected chi connectivity index (χ2v) is 4.28. The van der Waals surface area contributed by atoms with Gasteiger partial charge in [0.15, 0.2) is 5.65 Å². The van der Waals surface area contributed by atoms with Crippen LogP contribution in [0.5, 0.6) is 0 Å². The lowest BCUT2D eigenvalue weighted by Crippen LogP contribution is -2.33. The van der Waals surface area contributed by atoms with Gasteiger partial charge in [-0.1, -0.05) is 0 Å². The van der Waals surface area contributed by atoms with Crippen molar-refractivity contribution in [2.45, 2.75) is 19.9 Å². The van der Waals surface area contributed by atoms with Gasteiger partial charge in [-0.3, -0.25) is 0 Å². The first-order valence-corrected chi connectivity index (χ1v) is 5.35. The SMILES string of the molecule is Cc1cc(N(C)CC(C)N)n2ncnc2c1. The van der Waals surface area contributed by atoms with Gasteiger partial charge < -0.3 is 10.6 Å². The Morgan fingerprint density at radius 1 is 1.50 bits per heavy atom. The average molecular weight is 219 g/mol. The second-order valence-electron chi connectivity index (χ2n) is 4.28. The number of pyridine rings is 1. The highest BCUT2D eigenvalue weighted by molar-refractivity contribution is 5.52. The molecule has 5 heteroatoms. The summed E-state index contributed by atoms with van der Waals surface area (Å²) in [6, 6.07) is 4.23. The molecular formula is C11H17N5. The number of hydrogen-bond acceptors (Lipinski definition) is 4. The van der Waals surface area contributed by atoms with Gasteiger partial charge in [-0.25, -0.2) is 4.98 Å². The van der Waals surface area contributed by atoms with Gasteiger partial charge in [0, 0.05) is 19.6 Å². The number of likely N-dealkylation sites (N-methyl/N-ethyl adjacent to an activating group) is 1. The Hall–Kier alpha value is -1.62. The van der Waals surface area contributed by atoms with Crippen LogP contribution in [-0.4, -0.2) is 34.2 Å². The number of aryl methyl sites for hydroxylation is 1. The maximum Gasteiger partial charge on any atom is 0.157 e. The molecule has 0 saturated heterocycles. The van der Waals surface area contributed by atoms with Crippen LogP contribution in [0.25, 0.3) is 5.65 Å². The molecule has 0 aromatic carbocycles. The molecule has 16 heavy (non-hydrogen) atoms. The zero-order valence-electron chi connectivity index (χ0n) is 9.88. The van der Waals surface area contributed by atoms with Crippen molar-refractivity contribution in [3.05, 3.63) is 24.0 Å². The first-order valence-electron chi connectivity index (χ1n) is 5.35. The molecule has 0 aliphatic rings. The van der Waals surface area contributed by atoms with E-state index < -0.39 is 0 Å². The topological polar surface area (TPSA) is 59.5 Å². The molecule has 2 aromatic rings. The van der Waals surface area contributed by atoms with Crippen LogP contribution in [0.3, 0.4) is 0 Å². The van der Waals surface area contributed by atoms with Crippen LogP contribution in [0, 0.1) is 6.92 Å². The average Bonchev–Trinajstić information content (AvgIpc) is 2.62. The normalized spacial score (nSPS) is 13.0. The number of nitrogens with two attached hydrogens (primary N) is 1. The molecule has 2 heterocycles. The van der Waals surface area contributed by atoms with Gasteiger partial charge in [0.25, 0.3) is 0 Å². The minimum Gasteiger partial charge on any atom is -0.358 e. The van der Waals surface area contributed by atoms with E-state index in [0.29, 0.717) is 0 Å². The molecule has 0 aliphatic carbocycles. The van der Waals surface area contributed by atoms with Gasteiger partial charge >= 0.3 is 0 Å². The predicted octanol–water partition coefficient (Wildman–Crippen LogP) is 0.821. The first-order chi connectivity index (χ1) is 7.58. The Morgan fingerprint density at radius 3 is 2.94 bits per heavy atom. The van der Waals surface area contributed by atoms with Gasteiger partial charge in [-0.2, -0.15) is 9.61 Å². The van der Waals surface area contributed by atoms with Crippen molar-refractivity contribution in [2.75, 3.05) is 18.5 Å². The van der Waals surface area contributed by atoms with Crippen molar-refractivity contribution in [3.63, 3.8) is 0 Å². The van der Waals surface area contributed by atoms with Gasteiger partial charge in [0.05, 0.1) is 0 Å². The van der Waals surface area contributed by atoms with E-state index in [-0.39, 0.29) is 6.04 Å². The molecule has 2 N–H and O–H groups in total. The van der Waals surface area contributed by atoms with E-state index >= 15 is 0 Å². The molecule has 0 saturated carbocycles. The lowest BCUT2D eigenvalue weighted by molar-refractivity contribution is 0.703. The number of hydrogen-bond donors (Lipinski definition) is 1. The number of aromatic nitrogens is 3. The molecular weight excluding hydrogens is 202 g/mol. The van der Waals surface area contributed by atoms with Crippen LogP contribution in [0.2, 0.25) is 0 Å². The Morgan fingerprint density at radius 2 is 2.25 bits per heavy atom. The highest BCUT2D eigenvalue weighted by Gasteiger charge is 2.09. The predicted molar refractivity (Wildman–Crippen MR) is 64.6 cm³/mol. The highest BCUT2D eigenvalue weighted by atomic mass is 15.4. The van der Waals surface area contributed by atoms with Crippen LogP contribution in [0.4, 0.5) is 5.82 Å². The van der Waals surface area contributed by atoms with E-state index in [1.165, 1.54) is 5.56 Å². The van der Waals surface area contributed by atoms with Crippen molar-refractivity contribution >= 4 is 11.5 Å². The van der Waals surface area contributed by atoms with E-state index in [1.54, 1.807) is 6.33 Å². The summed E-state index contributed by atoms with van der Waals surface area (Å²) in [6.07, 6.45) is 1.57. The molecule has 5 nitrogen and oxygen atoms in total. The number of fused-ring (bicyclic) bond motifs is 1. The molecule has 0 amide bonds. The molecule has 1 atom stereocenters. The molecule has 86 valence electrons. The Bertz CT molecular complexity index is 488. The number of nitrogens with zero attached hydrogens (tertiary/aromatic N) is 4. The van der Waals surface area contributed by atoms with E-state index in [2.05, 4.69) is 28.0 Å². The van der Waals surface area contributed by atoms with Crippen LogP contribution in [-0.2, 0) is 0 Å². The summed E-state index contributed by atoms with van der Waals surface area (Å²) in [7, 11) is 2.01. The zero-order chi connectivity index (χ0) is 11.7. The molecule has 1 unspecified atom stereocenters. The third kappa shape index (κ3) is 1.99. The van der Waals surface area contributed by atoms with E-state index in [0.717, 1.165) is 18.0 Å². The summed E-state index contributed by atoms with van der Waals surface area (Å²) in [5.41, 5.74) is 7.84. The molecule has 0 spiro atoms. The minimum atomic E-state index is 0.129. The third-order valence-corrected chi connectivity index (χ3v) is 2.46. The van der Waals surface area contributed by atoms with Crippen LogP contribution < -0.4 is 10.6 Å². The monoisotopic (exact) mass is 219 g/mol. The fourth-order valence-electron chi connectivity index (χ4n) is 1.83. The molecule has 2 aromatic heterocycles. The molecule has 2 rings (SSSR count). The van der Waals surface area contributed by atoms with Crippen molar-refractivity contribution in [2.24, 2.45) is 5.73 Å². The molecule has 0 fully saturated rings. The van der Waals surface area contributed by atoms with E-state index in [4.69, 9.17) is 5.73 Å². The minimum absolute atomic E-state index is 0.129. The standard InChI is InChI=1S/C11H17N5/c1-8-4-10-13-7-14-16(10)11(5-8)15(3)6-9(2)12/h4-5,7,9H,6,12H2,1-3H3. The Labute approximate surface area is 94.9 Å². The molecule has 0 aliphatic heterocycles. The van der Waals surface area contributed by atoms with Crippen molar-refractivity contribution in [1.82, 2.24) is 14.6 Å². The van der Waals surface area contributed by atoms with Crippen molar-refractivity contribution < 1.29 is 0 Å². The summed E-state index contributed by atoms with van der Waals surface area (Å²) >= 11 is 0. The fourth-order valence-corrected chi connectivity index (χ4v) is 1.83. The smallest absolute Gasteiger partial charge is 0.157 e. The summed E-state index contributed by atoms with van der Waals surface area (Å²) in [5.74, 6) is 1.02. The second kappa shape index (κ2) is 4.09. The molecule has 0 radical (unpaired) electrons. The first kappa shape index (κ1) is 10.9. The van der Waals surface area contributed by atoms with Crippen LogP contribution >= 0.6 is 0 Å². The van der Waals surface area contributed by atoms with Gasteiger partial charge in [0.2, 0.25) is 0 Å². The van der Waals surface area contributed by atoms with Crippen molar-refractivity contribution in [3.8, 4) is 0 Å². The maximum atomic E-state index is 5.80. The number of anilines is 1. The zero-order valence-corrected chi connectivity index (χ0v) is 9.88. The Kier molecular flexibility index (Phi) is 2.78. The quantitative estimate of drug-likeness (QED) is 0.830. The Balaban J connectivity index is 2.45. The van der Waals surface area contributed by atoms with Gasteiger partial charge in [-0.15, -0.1) is 0 Å². The lowest BCUT2D eigenvalue weighted by Gasteiger charge is -2.22. The fraction of sp³-hybridized carbons (Fsp3) is 0.455. The summed E-state index contributed by atoms with van der Waals surface area (Å²) in [6.45, 7) is 4.83. The maximum absolute atomic E-state index is 5.80. The highest BCUT2D eigenvalue weighted by Crippen LogP contribution is 2.16. The lowest BCUT2D eigenvalue weighted by atomic mass is 10.2. The number of rotatable bonds is 3. The third-order valence-electron chi connectivity index (χ3n) is 2.46. The largest absolute Gasteiger partial charge is 0.358 e.